The Kier molecular flexibility index (Phi) is 7.83. The van der Waals surface area contributed by atoms with E-state index < -0.39 is 5.91 Å². The molecule has 0 radical (unpaired) electrons. The largest absolute Gasteiger partial charge is 0.490 e. The molecule has 3 rings (SSSR count). The molecule has 0 saturated carbocycles. The van der Waals surface area contributed by atoms with Gasteiger partial charge in [-0.1, -0.05) is 18.2 Å². The molecule has 6 nitrogen and oxygen atoms in total. The van der Waals surface area contributed by atoms with E-state index in [1.807, 2.05) is 13.0 Å². The fourth-order valence-corrected chi connectivity index (χ4v) is 3.86. The van der Waals surface area contributed by atoms with E-state index in [0.29, 0.717) is 29.4 Å². The zero-order valence-corrected chi connectivity index (χ0v) is 18.6. The van der Waals surface area contributed by atoms with Crippen molar-refractivity contribution in [2.24, 2.45) is 4.99 Å². The van der Waals surface area contributed by atoms with Crippen LogP contribution in [0.15, 0.2) is 59.0 Å². The summed E-state index contributed by atoms with van der Waals surface area (Å²) in [5.74, 6) is 0.0787. The van der Waals surface area contributed by atoms with Gasteiger partial charge in [-0.05, 0) is 66.6 Å². The average molecular weight is 455 g/mol. The minimum absolute atomic E-state index is 0.243. The normalized spacial score (nSPS) is 14.3. The van der Waals surface area contributed by atoms with E-state index in [2.05, 4.69) is 16.9 Å². The lowest BCUT2D eigenvalue weighted by molar-refractivity contribution is -0.117. The van der Waals surface area contributed by atoms with E-state index in [4.69, 9.17) is 9.47 Å². The van der Waals surface area contributed by atoms with Gasteiger partial charge in [-0.25, -0.2) is 4.39 Å². The Balaban J connectivity index is 1.90. The van der Waals surface area contributed by atoms with Crippen LogP contribution in [0.4, 0.5) is 4.39 Å². The summed E-state index contributed by atoms with van der Waals surface area (Å²) in [6.45, 7) is 7.70. The van der Waals surface area contributed by atoms with E-state index in [9.17, 15) is 14.0 Å². The standard InChI is InChI=1S/C24H23FN2O4S/c1-4-6-18-11-17(13-21-23(29)27-24(32-21)26-15(3)28)12-20(30-5-2)22(18)31-14-16-7-9-19(25)10-8-16/h4,7-13H,1,5-6,14H2,2-3H3,(H,26,27,28,29)/b21-13+. The Hall–Kier alpha value is -3.39. The zero-order chi connectivity index (χ0) is 23.1. The average Bonchev–Trinajstić information content (AvgIpc) is 3.07. The molecule has 0 bridgehead atoms. The van der Waals surface area contributed by atoms with Crippen molar-refractivity contribution in [3.8, 4) is 11.5 Å². The van der Waals surface area contributed by atoms with E-state index in [1.54, 1.807) is 30.4 Å². The maximum atomic E-state index is 13.2. The Labute approximate surface area is 190 Å². The highest BCUT2D eigenvalue weighted by Gasteiger charge is 2.23. The SMILES string of the molecule is C=CCc1cc(/C=C2/SC(NC(C)=O)=NC2=O)cc(OCC)c1OCc1ccc(F)cc1. The summed E-state index contributed by atoms with van der Waals surface area (Å²) < 4.78 is 25.0. The summed E-state index contributed by atoms with van der Waals surface area (Å²) >= 11 is 1.10. The molecule has 0 fully saturated rings. The Morgan fingerprint density at radius 2 is 2.00 bits per heavy atom. The molecule has 1 aliphatic heterocycles. The first-order chi connectivity index (χ1) is 15.4. The van der Waals surface area contributed by atoms with Gasteiger partial charge < -0.3 is 14.8 Å². The van der Waals surface area contributed by atoms with E-state index in [1.165, 1.54) is 19.1 Å². The number of amides is 2. The van der Waals surface area contributed by atoms with Crippen LogP contribution in [-0.2, 0) is 22.6 Å². The van der Waals surface area contributed by atoms with Crippen molar-refractivity contribution in [1.29, 1.82) is 0 Å². The molecule has 2 aromatic rings. The maximum Gasteiger partial charge on any atom is 0.286 e. The quantitative estimate of drug-likeness (QED) is 0.465. The van der Waals surface area contributed by atoms with Crippen LogP contribution in [0.2, 0.25) is 0 Å². The molecule has 0 saturated heterocycles. The first kappa shape index (κ1) is 23.3. The Bertz CT molecular complexity index is 1090. The molecule has 32 heavy (non-hydrogen) atoms. The second-order valence-corrected chi connectivity index (χ2v) is 7.89. The van der Waals surface area contributed by atoms with E-state index >= 15 is 0 Å². The fraction of sp³-hybridized carbons (Fsp3) is 0.208. The number of rotatable bonds is 8. The number of hydrogen-bond acceptors (Lipinski definition) is 5. The van der Waals surface area contributed by atoms with Gasteiger partial charge in [0.05, 0.1) is 11.5 Å². The Morgan fingerprint density at radius 1 is 1.25 bits per heavy atom. The lowest BCUT2D eigenvalue weighted by atomic mass is 10.0. The number of amidine groups is 1. The van der Waals surface area contributed by atoms with Gasteiger partial charge in [0.1, 0.15) is 12.4 Å². The minimum Gasteiger partial charge on any atom is -0.490 e. The molecule has 2 aromatic carbocycles. The molecule has 0 atom stereocenters. The predicted octanol–water partition coefficient (Wildman–Crippen LogP) is 4.64. The van der Waals surface area contributed by atoms with Gasteiger partial charge in [0.15, 0.2) is 16.7 Å². The summed E-state index contributed by atoms with van der Waals surface area (Å²) in [7, 11) is 0. The highest BCUT2D eigenvalue weighted by atomic mass is 32.2. The van der Waals surface area contributed by atoms with Crippen molar-refractivity contribution in [3.05, 3.63) is 76.5 Å². The third-order valence-corrected chi connectivity index (χ3v) is 5.21. The molecule has 0 unspecified atom stereocenters. The van der Waals surface area contributed by atoms with Crippen molar-refractivity contribution >= 4 is 34.8 Å². The summed E-state index contributed by atoms with van der Waals surface area (Å²) in [5.41, 5.74) is 2.38. The molecule has 0 aromatic heterocycles. The van der Waals surface area contributed by atoms with Gasteiger partial charge in [-0.15, -0.1) is 6.58 Å². The van der Waals surface area contributed by atoms with Gasteiger partial charge in [0.2, 0.25) is 5.91 Å². The van der Waals surface area contributed by atoms with Crippen molar-refractivity contribution in [1.82, 2.24) is 5.32 Å². The van der Waals surface area contributed by atoms with Crippen LogP contribution >= 0.6 is 11.8 Å². The van der Waals surface area contributed by atoms with Gasteiger partial charge in [-0.3, -0.25) is 9.59 Å². The Morgan fingerprint density at radius 3 is 2.66 bits per heavy atom. The third kappa shape index (κ3) is 6.07. The van der Waals surface area contributed by atoms with Crippen LogP contribution in [0.5, 0.6) is 11.5 Å². The van der Waals surface area contributed by atoms with Gasteiger partial charge in [0.25, 0.3) is 5.91 Å². The van der Waals surface area contributed by atoms with Crippen molar-refractivity contribution in [2.75, 3.05) is 6.61 Å². The number of aliphatic imine (C=N–C) groups is 1. The molecule has 166 valence electrons. The number of halogens is 1. The van der Waals surface area contributed by atoms with Crippen molar-refractivity contribution < 1.29 is 23.5 Å². The molecule has 1 heterocycles. The summed E-state index contributed by atoms with van der Waals surface area (Å²) in [4.78, 5) is 27.7. The highest BCUT2D eigenvalue weighted by Crippen LogP contribution is 2.36. The van der Waals surface area contributed by atoms with Crippen molar-refractivity contribution in [3.63, 3.8) is 0 Å². The number of hydrogen-bond donors (Lipinski definition) is 1. The molecule has 8 heteroatoms. The minimum atomic E-state index is -0.418. The van der Waals surface area contributed by atoms with E-state index in [-0.39, 0.29) is 23.5 Å². The number of benzene rings is 2. The van der Waals surface area contributed by atoms with Gasteiger partial charge >= 0.3 is 0 Å². The first-order valence-corrected chi connectivity index (χ1v) is 10.8. The molecule has 2 amide bonds. The molecular formula is C24H23FN2O4S. The van der Waals surface area contributed by atoms with Gasteiger partial charge in [0, 0.05) is 12.5 Å². The monoisotopic (exact) mass is 454 g/mol. The number of ether oxygens (including phenoxy) is 2. The summed E-state index contributed by atoms with van der Waals surface area (Å²) in [5, 5.41) is 2.78. The topological polar surface area (TPSA) is 77.0 Å². The second-order valence-electron chi connectivity index (χ2n) is 6.86. The number of carbonyl (C=O) groups is 2. The fourth-order valence-electron chi connectivity index (χ4n) is 3.00. The summed E-state index contributed by atoms with van der Waals surface area (Å²) in [6.07, 6.45) is 3.97. The van der Waals surface area contributed by atoms with E-state index in [0.717, 1.165) is 28.5 Å². The lowest BCUT2D eigenvalue weighted by Crippen LogP contribution is -2.23. The number of carbonyl (C=O) groups excluding carboxylic acids is 2. The van der Waals surface area contributed by atoms with Crippen LogP contribution in [0, 0.1) is 5.82 Å². The molecule has 1 N–H and O–H groups in total. The number of thioether (sulfide) groups is 1. The first-order valence-electron chi connectivity index (χ1n) is 9.97. The van der Waals surface area contributed by atoms with Crippen LogP contribution < -0.4 is 14.8 Å². The van der Waals surface area contributed by atoms with Crippen LogP contribution in [0.25, 0.3) is 6.08 Å². The van der Waals surface area contributed by atoms with Gasteiger partial charge in [-0.2, -0.15) is 4.99 Å². The summed E-state index contributed by atoms with van der Waals surface area (Å²) in [6, 6.07) is 9.77. The zero-order valence-electron chi connectivity index (χ0n) is 17.8. The molecule has 1 aliphatic rings. The molecule has 0 spiro atoms. The number of allylic oxidation sites excluding steroid dienone is 1. The second kappa shape index (κ2) is 10.8. The maximum absolute atomic E-state index is 13.2. The number of nitrogens with one attached hydrogen (secondary N) is 1. The van der Waals surface area contributed by atoms with Crippen molar-refractivity contribution in [2.45, 2.75) is 26.9 Å². The highest BCUT2D eigenvalue weighted by molar-refractivity contribution is 8.18. The smallest absolute Gasteiger partial charge is 0.286 e. The van der Waals surface area contributed by atoms with Crippen LogP contribution in [0.1, 0.15) is 30.5 Å². The van der Waals surface area contributed by atoms with Crippen LogP contribution in [0.3, 0.4) is 0 Å². The lowest BCUT2D eigenvalue weighted by Gasteiger charge is -2.17. The number of nitrogens with zero attached hydrogens (tertiary/aromatic N) is 1. The predicted molar refractivity (Wildman–Crippen MR) is 124 cm³/mol. The van der Waals surface area contributed by atoms with Crippen LogP contribution in [-0.4, -0.2) is 23.6 Å². The third-order valence-electron chi connectivity index (χ3n) is 4.32. The molecule has 0 aliphatic carbocycles. The molecular weight excluding hydrogens is 431 g/mol.